The molecule has 29 heavy (non-hydrogen) atoms. The van der Waals surface area contributed by atoms with E-state index in [9.17, 15) is 14.7 Å². The standard InChI is InChI=1S/C25H36O4/c1-6-15(2)21(26)29-20-16(3)17-8-9-19-23(4)11-7-12-24(5,22(27)28)18(23)10-13-25(19,20)14-17/h6,17-20H,3,7-14H2,1-2,4-5H3,(H,27,28)/b15-6-/t17?,18?,19?,20?,23-,24-,25?/m0/s1. The van der Waals surface area contributed by atoms with Crippen molar-refractivity contribution in [3.05, 3.63) is 23.8 Å². The monoisotopic (exact) mass is 400 g/mol. The van der Waals surface area contributed by atoms with E-state index in [1.807, 2.05) is 13.8 Å². The molecule has 4 rings (SSSR count). The second-order valence-electron chi connectivity index (χ2n) is 10.8. The largest absolute Gasteiger partial charge is 0.481 e. The minimum atomic E-state index is -0.644. The van der Waals surface area contributed by atoms with Gasteiger partial charge in [-0.15, -0.1) is 0 Å². The molecular weight excluding hydrogens is 364 g/mol. The third-order valence-electron chi connectivity index (χ3n) is 9.65. The maximum absolute atomic E-state index is 12.7. The molecule has 4 aliphatic rings. The van der Waals surface area contributed by atoms with Gasteiger partial charge in [0, 0.05) is 11.0 Å². The van der Waals surface area contributed by atoms with Gasteiger partial charge in [-0.25, -0.2) is 4.79 Å². The number of carboxylic acid groups (broad SMARTS) is 1. The highest BCUT2D eigenvalue weighted by Crippen LogP contribution is 2.72. The van der Waals surface area contributed by atoms with Crippen LogP contribution in [-0.2, 0) is 14.3 Å². The highest BCUT2D eigenvalue weighted by Gasteiger charge is 2.68. The molecule has 0 aliphatic heterocycles. The molecule has 4 fully saturated rings. The minimum absolute atomic E-state index is 0.0144. The van der Waals surface area contributed by atoms with Crippen LogP contribution in [0.4, 0.5) is 0 Å². The summed E-state index contributed by atoms with van der Waals surface area (Å²) in [4.78, 5) is 25.0. The predicted molar refractivity (Wildman–Crippen MR) is 112 cm³/mol. The van der Waals surface area contributed by atoms with Gasteiger partial charge in [-0.3, -0.25) is 4.79 Å². The Hall–Kier alpha value is -1.58. The number of esters is 1. The van der Waals surface area contributed by atoms with Crippen molar-refractivity contribution in [3.63, 3.8) is 0 Å². The summed E-state index contributed by atoms with van der Waals surface area (Å²) in [5.41, 5.74) is 1.02. The van der Waals surface area contributed by atoms with E-state index in [4.69, 9.17) is 4.74 Å². The Labute approximate surface area is 174 Å². The minimum Gasteiger partial charge on any atom is -0.481 e. The van der Waals surface area contributed by atoms with Gasteiger partial charge < -0.3 is 9.84 Å². The summed E-state index contributed by atoms with van der Waals surface area (Å²) in [5, 5.41) is 10.1. The van der Waals surface area contributed by atoms with E-state index in [1.54, 1.807) is 13.0 Å². The van der Waals surface area contributed by atoms with Gasteiger partial charge in [0.05, 0.1) is 5.41 Å². The van der Waals surface area contributed by atoms with E-state index in [2.05, 4.69) is 13.5 Å². The quantitative estimate of drug-likeness (QED) is 0.384. The Bertz CT molecular complexity index is 782. The lowest BCUT2D eigenvalue weighted by atomic mass is 9.40. The van der Waals surface area contributed by atoms with E-state index < -0.39 is 11.4 Å². The van der Waals surface area contributed by atoms with Crippen LogP contribution < -0.4 is 0 Å². The molecule has 2 bridgehead atoms. The number of carbonyl (C=O) groups excluding carboxylic acids is 1. The number of rotatable bonds is 3. The second kappa shape index (κ2) is 6.72. The van der Waals surface area contributed by atoms with Gasteiger partial charge >= 0.3 is 11.9 Å². The molecule has 1 spiro atoms. The van der Waals surface area contributed by atoms with Gasteiger partial charge in [0.1, 0.15) is 6.10 Å². The third kappa shape index (κ3) is 2.70. The molecule has 0 saturated heterocycles. The number of carbonyl (C=O) groups is 2. The van der Waals surface area contributed by atoms with Gasteiger partial charge in [0.25, 0.3) is 0 Å². The predicted octanol–water partition coefficient (Wildman–Crippen LogP) is 5.53. The fourth-order valence-corrected chi connectivity index (χ4v) is 8.10. The molecule has 0 heterocycles. The van der Waals surface area contributed by atoms with Crippen LogP contribution in [0, 0.1) is 34.0 Å². The Balaban J connectivity index is 1.73. The molecule has 0 aromatic heterocycles. The SMILES string of the molecule is C=C1C2CCC3C(CCC4[C@]3(C)CCC[C@]4(C)C(=O)O)(C2)C1OC(=O)/C(C)=C\C. The average molecular weight is 401 g/mol. The molecule has 1 N–H and O–H groups in total. The summed E-state index contributed by atoms with van der Waals surface area (Å²) < 4.78 is 6.15. The van der Waals surface area contributed by atoms with Crippen molar-refractivity contribution < 1.29 is 19.4 Å². The Morgan fingerprint density at radius 2 is 1.86 bits per heavy atom. The van der Waals surface area contributed by atoms with Gasteiger partial charge in [-0.2, -0.15) is 0 Å². The number of hydrogen-bond donors (Lipinski definition) is 1. The smallest absolute Gasteiger partial charge is 0.333 e. The number of hydrogen-bond acceptors (Lipinski definition) is 3. The normalized spacial score (nSPS) is 46.6. The van der Waals surface area contributed by atoms with Crippen LogP contribution in [-0.4, -0.2) is 23.1 Å². The topological polar surface area (TPSA) is 63.6 Å². The third-order valence-corrected chi connectivity index (χ3v) is 9.65. The zero-order chi connectivity index (χ0) is 21.2. The molecule has 4 nitrogen and oxygen atoms in total. The maximum atomic E-state index is 12.7. The number of aliphatic carboxylic acids is 1. The highest BCUT2D eigenvalue weighted by atomic mass is 16.5. The molecule has 4 saturated carbocycles. The molecule has 5 unspecified atom stereocenters. The van der Waals surface area contributed by atoms with Crippen molar-refractivity contribution in [1.82, 2.24) is 0 Å². The lowest BCUT2D eigenvalue weighted by Gasteiger charge is -2.63. The molecule has 0 aromatic rings. The first-order valence-corrected chi connectivity index (χ1v) is 11.4. The summed E-state index contributed by atoms with van der Waals surface area (Å²) in [7, 11) is 0. The van der Waals surface area contributed by atoms with Gasteiger partial charge in [0.15, 0.2) is 0 Å². The number of carboxylic acids is 1. The molecule has 0 amide bonds. The number of ether oxygens (including phenoxy) is 1. The zero-order valence-corrected chi connectivity index (χ0v) is 18.4. The molecule has 4 aliphatic carbocycles. The second-order valence-corrected chi connectivity index (χ2v) is 10.8. The van der Waals surface area contributed by atoms with Gasteiger partial charge in [-0.1, -0.05) is 26.0 Å². The summed E-state index contributed by atoms with van der Waals surface area (Å²) in [6.45, 7) is 12.4. The first-order chi connectivity index (χ1) is 13.6. The molecule has 7 atom stereocenters. The van der Waals surface area contributed by atoms with Crippen molar-refractivity contribution in [2.45, 2.75) is 85.2 Å². The van der Waals surface area contributed by atoms with E-state index in [1.165, 1.54) is 0 Å². The lowest BCUT2D eigenvalue weighted by Crippen LogP contribution is -2.60. The lowest BCUT2D eigenvalue weighted by molar-refractivity contribution is -0.195. The molecule has 4 heteroatoms. The van der Waals surface area contributed by atoms with E-state index >= 15 is 0 Å². The highest BCUT2D eigenvalue weighted by molar-refractivity contribution is 5.88. The first kappa shape index (κ1) is 20.7. The van der Waals surface area contributed by atoms with Gasteiger partial charge in [0.2, 0.25) is 0 Å². The Morgan fingerprint density at radius 1 is 1.14 bits per heavy atom. The molecule has 160 valence electrons. The van der Waals surface area contributed by atoms with Crippen LogP contribution in [0.1, 0.15) is 79.1 Å². The fraction of sp³-hybridized carbons (Fsp3) is 0.760. The maximum Gasteiger partial charge on any atom is 0.333 e. The first-order valence-electron chi connectivity index (χ1n) is 11.4. The van der Waals surface area contributed by atoms with Crippen LogP contribution in [0.3, 0.4) is 0 Å². The summed E-state index contributed by atoms with van der Waals surface area (Å²) in [5.74, 6) is 0.151. The summed E-state index contributed by atoms with van der Waals surface area (Å²) in [6, 6.07) is 0. The van der Waals surface area contributed by atoms with Crippen molar-refractivity contribution in [2.24, 2.45) is 34.0 Å². The van der Waals surface area contributed by atoms with Crippen LogP contribution in [0.15, 0.2) is 23.8 Å². The summed E-state index contributed by atoms with van der Waals surface area (Å²) in [6.07, 6.45) is 9.50. The van der Waals surface area contributed by atoms with Crippen molar-refractivity contribution in [1.29, 1.82) is 0 Å². The van der Waals surface area contributed by atoms with Crippen LogP contribution in [0.25, 0.3) is 0 Å². The van der Waals surface area contributed by atoms with E-state index in [0.717, 1.165) is 56.9 Å². The summed E-state index contributed by atoms with van der Waals surface area (Å²) >= 11 is 0. The van der Waals surface area contributed by atoms with Crippen LogP contribution in [0.2, 0.25) is 0 Å². The number of allylic oxidation sites excluding steroid dienone is 1. The zero-order valence-electron chi connectivity index (χ0n) is 18.4. The number of fused-ring (bicyclic) bond motifs is 3. The Morgan fingerprint density at radius 3 is 2.52 bits per heavy atom. The fourth-order valence-electron chi connectivity index (χ4n) is 8.10. The van der Waals surface area contributed by atoms with Gasteiger partial charge in [-0.05, 0) is 94.5 Å². The van der Waals surface area contributed by atoms with Crippen molar-refractivity contribution in [3.8, 4) is 0 Å². The van der Waals surface area contributed by atoms with Crippen molar-refractivity contribution >= 4 is 11.9 Å². The van der Waals surface area contributed by atoms with Crippen LogP contribution >= 0.6 is 0 Å². The molecule has 0 aromatic carbocycles. The average Bonchev–Trinajstić information content (AvgIpc) is 2.87. The van der Waals surface area contributed by atoms with Crippen LogP contribution in [0.5, 0.6) is 0 Å². The molecule has 0 radical (unpaired) electrons. The van der Waals surface area contributed by atoms with Crippen molar-refractivity contribution in [2.75, 3.05) is 0 Å². The Kier molecular flexibility index (Phi) is 4.79. The molecular formula is C25H36O4. The van der Waals surface area contributed by atoms with E-state index in [0.29, 0.717) is 17.4 Å². The van der Waals surface area contributed by atoms with E-state index in [-0.39, 0.29) is 28.8 Å².